The first-order chi connectivity index (χ1) is 31.2. The average Bonchev–Trinajstić information content (AvgIpc) is 4.06. The molecule has 2 aromatic heterocycles. The number of anilines is 5. The highest BCUT2D eigenvalue weighted by atomic mass is 32.2. The van der Waals surface area contributed by atoms with E-state index < -0.39 is 0 Å². The lowest BCUT2D eigenvalue weighted by Gasteiger charge is -2.47. The number of nitrogens with zero attached hydrogens (tertiary/aromatic N) is 2. The molecule has 1 spiro atoms. The SMILES string of the molecule is Cc1cc2c3c(c1)N(c1ccc4oc5ccccc5c4c1)c1cc4c(cc1B3C1=C(N2c2ccc(C(C)(C)C)cc2C)C2(CS1)c1ccccc1-c1ccccc12)oc1ccccc14. The van der Waals surface area contributed by atoms with Gasteiger partial charge in [-0.3, -0.25) is 0 Å². The van der Waals surface area contributed by atoms with E-state index in [2.05, 4.69) is 208 Å². The van der Waals surface area contributed by atoms with Gasteiger partial charge in [-0.2, -0.15) is 0 Å². The Hall–Kier alpha value is -6.89. The van der Waals surface area contributed by atoms with Crippen LogP contribution in [0.5, 0.6) is 0 Å². The topological polar surface area (TPSA) is 32.8 Å². The summed E-state index contributed by atoms with van der Waals surface area (Å²) in [6.45, 7) is 11.5. The fourth-order valence-corrected chi connectivity index (χ4v) is 13.5. The molecule has 0 N–H and O–H groups in total. The summed E-state index contributed by atoms with van der Waals surface area (Å²) in [4.78, 5) is 6.65. The van der Waals surface area contributed by atoms with Gasteiger partial charge in [0.25, 0.3) is 6.71 Å². The van der Waals surface area contributed by atoms with Gasteiger partial charge in [0.05, 0.1) is 5.41 Å². The first kappa shape index (κ1) is 36.6. The maximum atomic E-state index is 6.78. The Labute approximate surface area is 376 Å². The van der Waals surface area contributed by atoms with Crippen molar-refractivity contribution in [2.45, 2.75) is 45.4 Å². The molecular weight excluding hydrogens is 800 g/mol. The van der Waals surface area contributed by atoms with E-state index in [0.717, 1.165) is 55.3 Å². The van der Waals surface area contributed by atoms with Crippen molar-refractivity contribution < 1.29 is 8.83 Å². The molecule has 0 amide bonds. The number of para-hydroxylation sites is 2. The fraction of sp³-hybridized carbons (Fsp3) is 0.138. The van der Waals surface area contributed by atoms with E-state index in [-0.39, 0.29) is 17.5 Å². The Bertz CT molecular complexity index is 3690. The van der Waals surface area contributed by atoms with Gasteiger partial charge in [0.2, 0.25) is 0 Å². The third-order valence-electron chi connectivity index (χ3n) is 14.7. The van der Waals surface area contributed by atoms with Gasteiger partial charge in [0.15, 0.2) is 0 Å². The quantitative estimate of drug-likeness (QED) is 0.162. The number of rotatable bonds is 2. The zero-order valence-electron chi connectivity index (χ0n) is 36.4. The predicted molar refractivity (Wildman–Crippen MR) is 270 cm³/mol. The van der Waals surface area contributed by atoms with Gasteiger partial charge in [-0.15, -0.1) is 11.8 Å². The largest absolute Gasteiger partial charge is 0.456 e. The predicted octanol–water partition coefficient (Wildman–Crippen LogP) is 14.4. The van der Waals surface area contributed by atoms with Crippen LogP contribution in [-0.4, -0.2) is 12.5 Å². The van der Waals surface area contributed by atoms with E-state index in [9.17, 15) is 0 Å². The number of fused-ring (bicyclic) bond motifs is 15. The second-order valence-electron chi connectivity index (χ2n) is 19.4. The Morgan fingerprint density at radius 2 is 1.16 bits per heavy atom. The lowest BCUT2D eigenvalue weighted by molar-refractivity contribution is 0.589. The van der Waals surface area contributed by atoms with Crippen LogP contribution in [0.15, 0.2) is 177 Å². The molecule has 1 aliphatic carbocycles. The summed E-state index contributed by atoms with van der Waals surface area (Å²) >= 11 is 2.06. The van der Waals surface area contributed by atoms with Crippen molar-refractivity contribution in [3.63, 3.8) is 0 Å². The molecule has 4 nitrogen and oxygen atoms in total. The van der Waals surface area contributed by atoms with E-state index >= 15 is 0 Å². The monoisotopic (exact) mass is 842 g/mol. The second kappa shape index (κ2) is 12.6. The summed E-state index contributed by atoms with van der Waals surface area (Å²) in [6.07, 6.45) is 0. The maximum absolute atomic E-state index is 6.78. The maximum Gasteiger partial charge on any atom is 0.259 e. The molecule has 0 unspecified atom stereocenters. The number of furan rings is 2. The molecular formula is C58H43BN2O2S. The van der Waals surface area contributed by atoms with Crippen molar-refractivity contribution in [2.24, 2.45) is 0 Å². The summed E-state index contributed by atoms with van der Waals surface area (Å²) in [5.41, 5.74) is 22.5. The molecule has 4 aliphatic rings. The number of benzene rings is 8. The molecule has 0 fully saturated rings. The fourth-order valence-electron chi connectivity index (χ4n) is 11.8. The van der Waals surface area contributed by atoms with Crippen molar-refractivity contribution in [1.29, 1.82) is 0 Å². The van der Waals surface area contributed by atoms with Gasteiger partial charge in [0, 0.05) is 61.4 Å². The van der Waals surface area contributed by atoms with Crippen LogP contribution in [0.25, 0.3) is 55.0 Å². The van der Waals surface area contributed by atoms with Crippen molar-refractivity contribution in [3.05, 3.63) is 196 Å². The minimum atomic E-state index is -0.377. The lowest BCUT2D eigenvalue weighted by atomic mass is 9.36. The molecule has 306 valence electrons. The van der Waals surface area contributed by atoms with Crippen LogP contribution in [0, 0.1) is 13.8 Å². The van der Waals surface area contributed by atoms with E-state index in [1.54, 1.807) is 0 Å². The Balaban J connectivity index is 1.12. The van der Waals surface area contributed by atoms with Gasteiger partial charge in [-0.05, 0) is 135 Å². The van der Waals surface area contributed by atoms with E-state index in [1.165, 1.54) is 83.1 Å². The molecule has 64 heavy (non-hydrogen) atoms. The molecule has 6 heteroatoms. The van der Waals surface area contributed by atoms with Crippen LogP contribution >= 0.6 is 11.8 Å². The van der Waals surface area contributed by atoms with Gasteiger partial charge >= 0.3 is 0 Å². The zero-order valence-corrected chi connectivity index (χ0v) is 37.2. The number of allylic oxidation sites excluding steroid dienone is 1. The first-order valence-electron chi connectivity index (χ1n) is 22.5. The highest BCUT2D eigenvalue weighted by molar-refractivity contribution is 8.05. The van der Waals surface area contributed by atoms with Crippen molar-refractivity contribution in [1.82, 2.24) is 0 Å². The Kier molecular flexibility index (Phi) is 7.23. The molecule has 0 bridgehead atoms. The van der Waals surface area contributed by atoms with E-state index in [1.807, 2.05) is 6.07 Å². The van der Waals surface area contributed by atoms with Crippen LogP contribution in [-0.2, 0) is 10.8 Å². The Morgan fingerprint density at radius 3 is 1.84 bits per heavy atom. The number of aryl methyl sites for hydroxylation is 2. The molecule has 10 aromatic rings. The van der Waals surface area contributed by atoms with Crippen molar-refractivity contribution in [2.75, 3.05) is 15.6 Å². The number of thioether (sulfide) groups is 1. The minimum absolute atomic E-state index is 0.0184. The molecule has 0 atom stereocenters. The summed E-state index contributed by atoms with van der Waals surface area (Å²) in [7, 11) is 0. The normalized spacial score (nSPS) is 15.7. The third kappa shape index (κ3) is 4.71. The van der Waals surface area contributed by atoms with Crippen LogP contribution in [0.4, 0.5) is 28.4 Å². The Morgan fingerprint density at radius 1 is 0.547 bits per heavy atom. The highest BCUT2D eigenvalue weighted by Crippen LogP contribution is 2.64. The molecule has 5 heterocycles. The highest BCUT2D eigenvalue weighted by Gasteiger charge is 2.58. The number of hydrogen-bond donors (Lipinski definition) is 0. The number of hydrogen-bond acceptors (Lipinski definition) is 5. The minimum Gasteiger partial charge on any atom is -0.456 e. The average molecular weight is 843 g/mol. The van der Waals surface area contributed by atoms with Crippen LogP contribution < -0.4 is 20.7 Å². The summed E-state index contributed by atoms with van der Waals surface area (Å²) in [5.74, 6) is 0.913. The van der Waals surface area contributed by atoms with Gasteiger partial charge in [-0.25, -0.2) is 0 Å². The summed E-state index contributed by atoms with van der Waals surface area (Å²) < 4.78 is 13.2. The van der Waals surface area contributed by atoms with E-state index in [0.29, 0.717) is 0 Å². The van der Waals surface area contributed by atoms with Crippen molar-refractivity contribution in [3.8, 4) is 11.1 Å². The standard InChI is InChI=1S/C58H43BN2O2S/c1-33-26-48-54-49(27-33)61(46-24-22-35(28-34(46)2)57(3,4)5)55-56(64-32-58(55)43-18-10-6-14-37(43)38-15-7-11-19-44(38)58)59(54)45-31-53-42(40-17-9-13-21-51(40)63-53)30-47(45)60(48)36-23-25-52-41(29-36)39-16-8-12-20-50(39)62-52/h6-31H,32H2,1-5H3. The lowest BCUT2D eigenvalue weighted by Crippen LogP contribution is -2.56. The zero-order chi connectivity index (χ0) is 42.8. The summed E-state index contributed by atoms with van der Waals surface area (Å²) in [5, 5.41) is 4.49. The third-order valence-corrected chi connectivity index (χ3v) is 16.0. The molecule has 0 radical (unpaired) electrons. The molecule has 0 saturated carbocycles. The van der Waals surface area contributed by atoms with Crippen LogP contribution in [0.3, 0.4) is 0 Å². The molecule has 3 aliphatic heterocycles. The molecule has 0 saturated heterocycles. The van der Waals surface area contributed by atoms with E-state index in [4.69, 9.17) is 8.83 Å². The summed E-state index contributed by atoms with van der Waals surface area (Å²) in [6, 6.07) is 58.9. The van der Waals surface area contributed by atoms with Gasteiger partial charge in [-0.1, -0.05) is 118 Å². The van der Waals surface area contributed by atoms with Crippen molar-refractivity contribution >= 4 is 102 Å². The smallest absolute Gasteiger partial charge is 0.259 e. The molecule has 8 aromatic carbocycles. The van der Waals surface area contributed by atoms with Gasteiger partial charge in [0.1, 0.15) is 22.3 Å². The van der Waals surface area contributed by atoms with Crippen LogP contribution in [0.1, 0.15) is 48.6 Å². The molecule has 14 rings (SSSR count). The van der Waals surface area contributed by atoms with Crippen LogP contribution in [0.2, 0.25) is 0 Å². The first-order valence-corrected chi connectivity index (χ1v) is 23.5. The second-order valence-corrected chi connectivity index (χ2v) is 20.4. The van der Waals surface area contributed by atoms with Gasteiger partial charge < -0.3 is 18.6 Å².